The molecular formula is C16H23N5O. The number of aryl methyl sites for hydroxylation is 1. The first-order valence-electron chi connectivity index (χ1n) is 7.39. The van der Waals surface area contributed by atoms with Crippen LogP contribution >= 0.6 is 0 Å². The van der Waals surface area contributed by atoms with E-state index >= 15 is 0 Å². The molecule has 0 unspecified atom stereocenters. The van der Waals surface area contributed by atoms with Crippen molar-refractivity contribution in [3.63, 3.8) is 0 Å². The second kappa shape index (κ2) is 7.06. The van der Waals surface area contributed by atoms with Crippen LogP contribution in [0.15, 0.2) is 30.6 Å². The van der Waals surface area contributed by atoms with Gasteiger partial charge in [0.15, 0.2) is 0 Å². The molecule has 0 saturated heterocycles. The largest absolute Gasteiger partial charge is 0.331 e. The van der Waals surface area contributed by atoms with E-state index < -0.39 is 0 Å². The van der Waals surface area contributed by atoms with E-state index in [9.17, 15) is 4.79 Å². The van der Waals surface area contributed by atoms with E-state index in [2.05, 4.69) is 15.4 Å². The summed E-state index contributed by atoms with van der Waals surface area (Å²) in [6, 6.07) is 5.64. The van der Waals surface area contributed by atoms with Gasteiger partial charge in [0.05, 0.1) is 12.2 Å². The maximum atomic E-state index is 12.2. The zero-order valence-corrected chi connectivity index (χ0v) is 13.6. The van der Waals surface area contributed by atoms with Crippen molar-refractivity contribution in [2.45, 2.75) is 26.3 Å². The van der Waals surface area contributed by atoms with Crippen LogP contribution in [0.4, 0.5) is 4.79 Å². The number of hydrogen-bond acceptors (Lipinski definition) is 3. The van der Waals surface area contributed by atoms with E-state index in [4.69, 9.17) is 0 Å². The molecule has 0 radical (unpaired) electrons. The number of rotatable bonds is 5. The van der Waals surface area contributed by atoms with Gasteiger partial charge in [-0.05, 0) is 26.0 Å². The molecule has 2 rings (SSSR count). The van der Waals surface area contributed by atoms with E-state index in [0.717, 1.165) is 23.4 Å². The Balaban J connectivity index is 1.87. The lowest BCUT2D eigenvalue weighted by molar-refractivity contribution is 0.206. The monoisotopic (exact) mass is 301 g/mol. The molecule has 6 heteroatoms. The minimum absolute atomic E-state index is 0.0708. The molecule has 2 aromatic rings. The van der Waals surface area contributed by atoms with Crippen molar-refractivity contribution in [3.05, 3.63) is 47.5 Å². The Hall–Kier alpha value is -2.37. The highest BCUT2D eigenvalue weighted by Crippen LogP contribution is 2.16. The highest BCUT2D eigenvalue weighted by molar-refractivity contribution is 5.74. The van der Waals surface area contributed by atoms with Crippen molar-refractivity contribution in [1.82, 2.24) is 25.0 Å². The molecule has 22 heavy (non-hydrogen) atoms. The molecule has 0 aliphatic carbocycles. The molecule has 0 saturated carbocycles. The van der Waals surface area contributed by atoms with Gasteiger partial charge in [0.2, 0.25) is 0 Å². The second-order valence-corrected chi connectivity index (χ2v) is 5.47. The zero-order valence-electron chi connectivity index (χ0n) is 13.6. The third-order valence-electron chi connectivity index (χ3n) is 3.86. The lowest BCUT2D eigenvalue weighted by atomic mass is 10.1. The first-order chi connectivity index (χ1) is 10.5. The summed E-state index contributed by atoms with van der Waals surface area (Å²) in [5.41, 5.74) is 3.08. The van der Waals surface area contributed by atoms with Gasteiger partial charge in [-0.1, -0.05) is 6.07 Å². The molecule has 0 aliphatic rings. The van der Waals surface area contributed by atoms with Crippen LogP contribution in [0, 0.1) is 6.92 Å². The lowest BCUT2D eigenvalue weighted by Crippen LogP contribution is -2.39. The fourth-order valence-corrected chi connectivity index (χ4v) is 2.24. The molecule has 6 nitrogen and oxygen atoms in total. The number of likely N-dealkylation sites (N-methyl/N-ethyl adjacent to an activating group) is 1. The predicted octanol–water partition coefficient (Wildman–Crippen LogP) is 2.07. The van der Waals surface area contributed by atoms with Crippen LogP contribution in [0.5, 0.6) is 0 Å². The molecular weight excluding hydrogens is 278 g/mol. The van der Waals surface area contributed by atoms with Crippen LogP contribution in [0.25, 0.3) is 0 Å². The number of amides is 2. The fourth-order valence-electron chi connectivity index (χ4n) is 2.24. The van der Waals surface area contributed by atoms with Crippen molar-refractivity contribution in [3.8, 4) is 0 Å². The van der Waals surface area contributed by atoms with E-state index in [0.29, 0.717) is 6.54 Å². The summed E-state index contributed by atoms with van der Waals surface area (Å²) in [5, 5.41) is 7.21. The van der Waals surface area contributed by atoms with Crippen LogP contribution in [0.2, 0.25) is 0 Å². The Labute approximate surface area is 131 Å². The summed E-state index contributed by atoms with van der Waals surface area (Å²) < 4.78 is 1.81. The number of nitrogens with zero attached hydrogens (tertiary/aromatic N) is 4. The van der Waals surface area contributed by atoms with Gasteiger partial charge >= 0.3 is 6.03 Å². The fraction of sp³-hybridized carbons (Fsp3) is 0.438. The Morgan fingerprint density at radius 1 is 1.45 bits per heavy atom. The Morgan fingerprint density at radius 2 is 2.23 bits per heavy atom. The molecule has 0 spiro atoms. The molecule has 118 valence electrons. The van der Waals surface area contributed by atoms with Crippen molar-refractivity contribution in [2.24, 2.45) is 7.05 Å². The van der Waals surface area contributed by atoms with E-state index in [-0.39, 0.29) is 12.1 Å². The quantitative estimate of drug-likeness (QED) is 0.919. The highest BCUT2D eigenvalue weighted by Gasteiger charge is 2.16. The number of nitrogens with one attached hydrogen (secondary N) is 1. The smallest absolute Gasteiger partial charge is 0.317 e. The molecule has 2 heterocycles. The minimum Gasteiger partial charge on any atom is -0.331 e. The van der Waals surface area contributed by atoms with Gasteiger partial charge in [-0.2, -0.15) is 5.10 Å². The lowest BCUT2D eigenvalue weighted by Gasteiger charge is -2.21. The van der Waals surface area contributed by atoms with Crippen molar-refractivity contribution < 1.29 is 4.79 Å². The van der Waals surface area contributed by atoms with Gasteiger partial charge in [-0.3, -0.25) is 9.67 Å². The van der Waals surface area contributed by atoms with Crippen LogP contribution < -0.4 is 5.32 Å². The zero-order chi connectivity index (χ0) is 16.1. The number of carbonyl (C=O) groups is 1. The number of pyridine rings is 1. The second-order valence-electron chi connectivity index (χ2n) is 5.47. The van der Waals surface area contributed by atoms with Crippen LogP contribution in [-0.2, 0) is 13.5 Å². The summed E-state index contributed by atoms with van der Waals surface area (Å²) in [6.07, 6.45) is 4.31. The summed E-state index contributed by atoms with van der Waals surface area (Å²) in [6.45, 7) is 4.59. The summed E-state index contributed by atoms with van der Waals surface area (Å²) in [4.78, 5) is 18.2. The van der Waals surface area contributed by atoms with E-state index in [1.165, 1.54) is 0 Å². The molecule has 0 fully saturated rings. The van der Waals surface area contributed by atoms with Crippen molar-refractivity contribution in [1.29, 1.82) is 0 Å². The molecule has 0 bridgehead atoms. The van der Waals surface area contributed by atoms with Gasteiger partial charge in [0.25, 0.3) is 0 Å². The van der Waals surface area contributed by atoms with E-state index in [1.807, 2.05) is 43.8 Å². The summed E-state index contributed by atoms with van der Waals surface area (Å²) >= 11 is 0. The number of carbonyl (C=O) groups excluding carboxylic acids is 1. The van der Waals surface area contributed by atoms with Crippen LogP contribution in [-0.4, -0.2) is 39.3 Å². The minimum atomic E-state index is -0.0910. The molecule has 2 aromatic heterocycles. The number of hydrogen-bond donors (Lipinski definition) is 1. The number of aromatic nitrogens is 3. The van der Waals surface area contributed by atoms with Crippen LogP contribution in [0.3, 0.4) is 0 Å². The summed E-state index contributed by atoms with van der Waals surface area (Å²) in [7, 11) is 3.69. The average Bonchev–Trinajstić information content (AvgIpc) is 2.85. The maximum absolute atomic E-state index is 12.2. The third kappa shape index (κ3) is 3.84. The van der Waals surface area contributed by atoms with Crippen LogP contribution in [0.1, 0.15) is 29.9 Å². The van der Waals surface area contributed by atoms with Gasteiger partial charge in [-0.15, -0.1) is 0 Å². The topological polar surface area (TPSA) is 63.1 Å². The summed E-state index contributed by atoms with van der Waals surface area (Å²) in [5.74, 6) is 0. The molecule has 1 atom stereocenters. The van der Waals surface area contributed by atoms with Crippen molar-refractivity contribution in [2.75, 3.05) is 13.6 Å². The maximum Gasteiger partial charge on any atom is 0.317 e. The van der Waals surface area contributed by atoms with Gasteiger partial charge in [0.1, 0.15) is 0 Å². The Morgan fingerprint density at radius 3 is 2.82 bits per heavy atom. The standard InChI is InChI=1S/C16H23N5O/c1-12(15-11-18-21(4)13(15)2)19-16(22)20(3)10-8-14-7-5-6-9-17-14/h5-7,9,11-12H,8,10H2,1-4H3,(H,19,22)/t12-/m1/s1. The molecule has 2 amide bonds. The van der Waals surface area contributed by atoms with E-state index in [1.54, 1.807) is 24.3 Å². The third-order valence-corrected chi connectivity index (χ3v) is 3.86. The Kier molecular flexibility index (Phi) is 5.14. The SMILES string of the molecule is Cc1c([C@@H](C)NC(=O)N(C)CCc2ccccn2)cnn1C. The molecule has 0 aliphatic heterocycles. The normalized spacial score (nSPS) is 12.0. The number of urea groups is 1. The van der Waals surface area contributed by atoms with Crippen molar-refractivity contribution >= 4 is 6.03 Å². The van der Waals surface area contributed by atoms with Gasteiger partial charge < -0.3 is 10.2 Å². The Bertz CT molecular complexity index is 623. The highest BCUT2D eigenvalue weighted by atomic mass is 16.2. The average molecular weight is 301 g/mol. The first kappa shape index (κ1) is 16.0. The molecule has 0 aromatic carbocycles. The molecule has 1 N–H and O–H groups in total. The first-order valence-corrected chi connectivity index (χ1v) is 7.39. The van der Waals surface area contributed by atoms with Gasteiger partial charge in [0, 0.05) is 50.2 Å². The predicted molar refractivity (Wildman–Crippen MR) is 85.5 cm³/mol. The van der Waals surface area contributed by atoms with Gasteiger partial charge in [-0.25, -0.2) is 4.79 Å².